The molecule has 1 heterocycles. The van der Waals surface area contributed by atoms with Crippen LogP contribution < -0.4 is 5.32 Å². The highest BCUT2D eigenvalue weighted by molar-refractivity contribution is 5.94. The summed E-state index contributed by atoms with van der Waals surface area (Å²) in [6, 6.07) is 8.29. The lowest BCUT2D eigenvalue weighted by Gasteiger charge is -1.97. The zero-order chi connectivity index (χ0) is 8.55. The first kappa shape index (κ1) is 7.22. The summed E-state index contributed by atoms with van der Waals surface area (Å²) in [5.41, 5.74) is 3.59. The number of aromatic nitrogens is 1. The van der Waals surface area contributed by atoms with Crippen LogP contribution in [-0.4, -0.2) is 12.0 Å². The molecule has 0 aliphatic heterocycles. The van der Waals surface area contributed by atoms with Gasteiger partial charge < -0.3 is 10.3 Å². The average Bonchev–Trinajstić information content (AvgIpc) is 2.40. The Morgan fingerprint density at radius 3 is 2.75 bits per heavy atom. The summed E-state index contributed by atoms with van der Waals surface area (Å²) in [7, 11) is 1.95. The van der Waals surface area contributed by atoms with Gasteiger partial charge in [-0.1, -0.05) is 18.2 Å². The van der Waals surface area contributed by atoms with Crippen LogP contribution in [0.4, 0.5) is 5.69 Å². The highest BCUT2D eigenvalue weighted by Gasteiger charge is 2.03. The van der Waals surface area contributed by atoms with E-state index in [4.69, 9.17) is 0 Å². The molecule has 0 aliphatic carbocycles. The fourth-order valence-corrected chi connectivity index (χ4v) is 1.60. The quantitative estimate of drug-likeness (QED) is 0.659. The van der Waals surface area contributed by atoms with Gasteiger partial charge in [-0.3, -0.25) is 0 Å². The summed E-state index contributed by atoms with van der Waals surface area (Å²) in [4.78, 5) is 3.32. The fourth-order valence-electron chi connectivity index (χ4n) is 1.60. The molecule has 2 heteroatoms. The molecule has 0 saturated carbocycles. The van der Waals surface area contributed by atoms with E-state index in [9.17, 15) is 0 Å². The highest BCUT2D eigenvalue weighted by Crippen LogP contribution is 2.25. The Hall–Kier alpha value is -1.44. The molecule has 0 bridgehead atoms. The Morgan fingerprint density at radius 2 is 2.00 bits per heavy atom. The van der Waals surface area contributed by atoms with Crippen molar-refractivity contribution in [2.75, 3.05) is 12.4 Å². The molecular formula is C10H12N2. The van der Waals surface area contributed by atoms with E-state index in [1.54, 1.807) is 0 Å². The van der Waals surface area contributed by atoms with Crippen LogP contribution in [0.5, 0.6) is 0 Å². The Labute approximate surface area is 71.6 Å². The summed E-state index contributed by atoms with van der Waals surface area (Å²) in [6.07, 6.45) is 0. The molecule has 2 aromatic rings. The third-order valence-corrected chi connectivity index (χ3v) is 2.14. The van der Waals surface area contributed by atoms with Crippen molar-refractivity contribution < 1.29 is 0 Å². The molecule has 12 heavy (non-hydrogen) atoms. The lowest BCUT2D eigenvalue weighted by Crippen LogP contribution is -1.87. The molecule has 0 atom stereocenters. The molecule has 0 spiro atoms. The number of hydrogen-bond acceptors (Lipinski definition) is 1. The van der Waals surface area contributed by atoms with Crippen molar-refractivity contribution >= 4 is 16.6 Å². The van der Waals surface area contributed by atoms with E-state index in [0.29, 0.717) is 0 Å². The fraction of sp³-hybridized carbons (Fsp3) is 0.200. The number of hydrogen-bond donors (Lipinski definition) is 2. The predicted octanol–water partition coefficient (Wildman–Crippen LogP) is 2.52. The van der Waals surface area contributed by atoms with Crippen molar-refractivity contribution in [2.24, 2.45) is 0 Å². The van der Waals surface area contributed by atoms with Crippen molar-refractivity contribution in [3.63, 3.8) is 0 Å². The second-order valence-electron chi connectivity index (χ2n) is 2.92. The van der Waals surface area contributed by atoms with E-state index in [1.165, 1.54) is 22.3 Å². The van der Waals surface area contributed by atoms with Crippen LogP contribution >= 0.6 is 0 Å². The van der Waals surface area contributed by atoms with E-state index < -0.39 is 0 Å². The molecule has 0 saturated heterocycles. The van der Waals surface area contributed by atoms with Crippen LogP contribution in [0, 0.1) is 6.92 Å². The molecule has 2 N–H and O–H groups in total. The molecular weight excluding hydrogens is 148 g/mol. The van der Waals surface area contributed by atoms with Crippen LogP contribution in [0.2, 0.25) is 0 Å². The molecule has 0 radical (unpaired) electrons. The highest BCUT2D eigenvalue weighted by atomic mass is 14.9. The SMILES string of the molecule is CNc1c(C)[nH]c2ccccc12. The number of aromatic amines is 1. The number of para-hydroxylation sites is 1. The average molecular weight is 160 g/mol. The van der Waals surface area contributed by atoms with Gasteiger partial charge in [-0.15, -0.1) is 0 Å². The number of rotatable bonds is 1. The molecule has 1 aromatic heterocycles. The number of nitrogens with one attached hydrogen (secondary N) is 2. The summed E-state index contributed by atoms with van der Waals surface area (Å²) in [5, 5.41) is 4.45. The van der Waals surface area contributed by atoms with Crippen molar-refractivity contribution in [3.8, 4) is 0 Å². The molecule has 0 unspecified atom stereocenters. The van der Waals surface area contributed by atoms with Gasteiger partial charge in [0.25, 0.3) is 0 Å². The standard InChI is InChI=1S/C10H12N2/c1-7-10(11-2)8-5-3-4-6-9(8)12-7/h3-6,11-12H,1-2H3. The number of H-pyrrole nitrogens is 1. The molecule has 0 fully saturated rings. The maximum Gasteiger partial charge on any atom is 0.0625 e. The van der Waals surface area contributed by atoms with Gasteiger partial charge in [0, 0.05) is 23.6 Å². The first-order valence-corrected chi connectivity index (χ1v) is 4.08. The zero-order valence-electron chi connectivity index (χ0n) is 7.31. The molecule has 2 nitrogen and oxygen atoms in total. The molecule has 2 rings (SSSR count). The van der Waals surface area contributed by atoms with E-state index in [2.05, 4.69) is 35.4 Å². The molecule has 62 valence electrons. The van der Waals surface area contributed by atoms with Gasteiger partial charge in [0.05, 0.1) is 5.69 Å². The topological polar surface area (TPSA) is 27.8 Å². The lowest BCUT2D eigenvalue weighted by molar-refractivity contribution is 1.29. The van der Waals surface area contributed by atoms with Crippen LogP contribution in [-0.2, 0) is 0 Å². The number of fused-ring (bicyclic) bond motifs is 1. The minimum atomic E-state index is 1.19. The largest absolute Gasteiger partial charge is 0.386 e. The number of aryl methyl sites for hydroxylation is 1. The van der Waals surface area contributed by atoms with Gasteiger partial charge in [-0.2, -0.15) is 0 Å². The smallest absolute Gasteiger partial charge is 0.0625 e. The summed E-state index contributed by atoms with van der Waals surface area (Å²) in [5.74, 6) is 0. The van der Waals surface area contributed by atoms with Crippen molar-refractivity contribution in [3.05, 3.63) is 30.0 Å². The Balaban J connectivity index is 2.81. The number of anilines is 1. The summed E-state index contributed by atoms with van der Waals surface area (Å²) in [6.45, 7) is 2.08. The van der Waals surface area contributed by atoms with Crippen molar-refractivity contribution in [1.29, 1.82) is 0 Å². The Kier molecular flexibility index (Phi) is 1.54. The zero-order valence-corrected chi connectivity index (χ0v) is 7.31. The van der Waals surface area contributed by atoms with Gasteiger partial charge in [0.15, 0.2) is 0 Å². The molecule has 0 amide bonds. The lowest BCUT2D eigenvalue weighted by atomic mass is 10.2. The monoisotopic (exact) mass is 160 g/mol. The van der Waals surface area contributed by atoms with Gasteiger partial charge >= 0.3 is 0 Å². The van der Waals surface area contributed by atoms with E-state index in [-0.39, 0.29) is 0 Å². The first-order chi connectivity index (χ1) is 5.83. The van der Waals surface area contributed by atoms with Gasteiger partial charge in [-0.25, -0.2) is 0 Å². The maximum absolute atomic E-state index is 3.32. The molecule has 1 aromatic carbocycles. The van der Waals surface area contributed by atoms with Crippen molar-refractivity contribution in [1.82, 2.24) is 4.98 Å². The number of benzene rings is 1. The second kappa shape index (κ2) is 2.55. The minimum absolute atomic E-state index is 1.19. The maximum atomic E-state index is 3.32. The predicted molar refractivity (Wildman–Crippen MR) is 52.6 cm³/mol. The third-order valence-electron chi connectivity index (χ3n) is 2.14. The Morgan fingerprint density at radius 1 is 1.25 bits per heavy atom. The van der Waals surface area contributed by atoms with E-state index in [0.717, 1.165) is 0 Å². The van der Waals surface area contributed by atoms with Crippen molar-refractivity contribution in [2.45, 2.75) is 6.92 Å². The summed E-state index contributed by atoms with van der Waals surface area (Å²) >= 11 is 0. The second-order valence-corrected chi connectivity index (χ2v) is 2.92. The molecule has 0 aliphatic rings. The third kappa shape index (κ3) is 0.881. The van der Waals surface area contributed by atoms with Crippen LogP contribution in [0.3, 0.4) is 0 Å². The Bertz CT molecular complexity index is 401. The van der Waals surface area contributed by atoms with Gasteiger partial charge in [-0.05, 0) is 13.0 Å². The normalized spacial score (nSPS) is 10.5. The summed E-state index contributed by atoms with van der Waals surface area (Å²) < 4.78 is 0. The van der Waals surface area contributed by atoms with Crippen LogP contribution in [0.1, 0.15) is 5.69 Å². The van der Waals surface area contributed by atoms with E-state index >= 15 is 0 Å². The van der Waals surface area contributed by atoms with Gasteiger partial charge in [0.1, 0.15) is 0 Å². The van der Waals surface area contributed by atoms with E-state index in [1.807, 2.05) is 13.1 Å². The van der Waals surface area contributed by atoms with Gasteiger partial charge in [0.2, 0.25) is 0 Å². The first-order valence-electron chi connectivity index (χ1n) is 4.08. The van der Waals surface area contributed by atoms with Crippen LogP contribution in [0.15, 0.2) is 24.3 Å². The minimum Gasteiger partial charge on any atom is -0.386 e. The van der Waals surface area contributed by atoms with Crippen LogP contribution in [0.25, 0.3) is 10.9 Å².